The van der Waals surface area contributed by atoms with Gasteiger partial charge in [0.05, 0.1) is 10.8 Å². The second-order valence-electron chi connectivity index (χ2n) is 3.18. The summed E-state index contributed by atoms with van der Waals surface area (Å²) < 4.78 is 0. The molecule has 0 bridgehead atoms. The summed E-state index contributed by atoms with van der Waals surface area (Å²) >= 11 is 5.74. The zero-order valence-corrected chi connectivity index (χ0v) is 8.49. The molecule has 5 heteroatoms. The van der Waals surface area contributed by atoms with Crippen LogP contribution in [0.15, 0.2) is 30.0 Å². The molecule has 0 saturated carbocycles. The van der Waals surface area contributed by atoms with Crippen LogP contribution in [0.1, 0.15) is 18.1 Å². The van der Waals surface area contributed by atoms with Gasteiger partial charge in [-0.3, -0.25) is 5.41 Å². The number of hydrogen-bond acceptors (Lipinski definition) is 3. The molecule has 1 aromatic carbocycles. The smallest absolute Gasteiger partial charge is 0.253 e. The van der Waals surface area contributed by atoms with E-state index in [0.29, 0.717) is 16.4 Å². The molecule has 1 saturated heterocycles. The highest BCUT2D eigenvalue weighted by atomic mass is 35.5. The Kier molecular flexibility index (Phi) is 2.54. The van der Waals surface area contributed by atoms with Crippen molar-refractivity contribution in [2.75, 3.05) is 0 Å². The van der Waals surface area contributed by atoms with Crippen molar-refractivity contribution in [1.29, 1.82) is 5.41 Å². The van der Waals surface area contributed by atoms with Crippen LogP contribution in [0.4, 0.5) is 0 Å². The van der Waals surface area contributed by atoms with Gasteiger partial charge in [0.15, 0.2) is 0 Å². The van der Waals surface area contributed by atoms with E-state index in [1.165, 1.54) is 0 Å². The number of nitrogens with zero attached hydrogens (tertiary/aromatic N) is 1. The first-order valence-corrected chi connectivity index (χ1v) is 4.76. The van der Waals surface area contributed by atoms with Crippen molar-refractivity contribution in [1.82, 2.24) is 0 Å². The number of rotatable bonds is 1. The lowest BCUT2D eigenvalue weighted by molar-refractivity contribution is -0.758. The molecule has 1 aromatic rings. The van der Waals surface area contributed by atoms with Gasteiger partial charge in [-0.15, -0.1) is 0 Å². The summed E-state index contributed by atoms with van der Waals surface area (Å²) in [7, 11) is 0. The summed E-state index contributed by atoms with van der Waals surface area (Å²) in [4.78, 5) is 16.5. The Morgan fingerprint density at radius 2 is 2.13 bits per heavy atom. The number of halogens is 1. The monoisotopic (exact) mass is 223 g/mol. The summed E-state index contributed by atoms with van der Waals surface area (Å²) in [6, 6.07) is 7.07. The van der Waals surface area contributed by atoms with E-state index in [4.69, 9.17) is 21.8 Å². The molecule has 15 heavy (non-hydrogen) atoms. The third-order valence-electron chi connectivity index (χ3n) is 2.21. The molecule has 0 amide bonds. The quantitative estimate of drug-likeness (QED) is 0.744. The molecule has 0 spiro atoms. The van der Waals surface area contributed by atoms with Crippen LogP contribution in [0.2, 0.25) is 5.02 Å². The van der Waals surface area contributed by atoms with Crippen molar-refractivity contribution < 1.29 is 9.76 Å². The summed E-state index contributed by atoms with van der Waals surface area (Å²) in [6.07, 6.45) is 0.0295. The first kappa shape index (κ1) is 9.90. The highest BCUT2D eigenvalue weighted by molar-refractivity contribution is 6.30. The minimum atomic E-state index is -0.340. The SMILES string of the molecule is N=C=C1CC(c2ccc(Cl)cc2)O[N+]1=O. The van der Waals surface area contributed by atoms with Crippen LogP contribution < -0.4 is 0 Å². The molecule has 1 N–H and O–H groups in total. The molecule has 1 aliphatic rings. The third-order valence-corrected chi connectivity index (χ3v) is 2.46. The Balaban J connectivity index is 2.24. The van der Waals surface area contributed by atoms with Crippen LogP contribution in [-0.4, -0.2) is 10.8 Å². The van der Waals surface area contributed by atoms with E-state index in [0.717, 1.165) is 5.56 Å². The molecule has 1 atom stereocenters. The van der Waals surface area contributed by atoms with Gasteiger partial charge >= 0.3 is 5.70 Å². The average molecular weight is 224 g/mol. The summed E-state index contributed by atoms with van der Waals surface area (Å²) in [5, 5.41) is 7.52. The van der Waals surface area contributed by atoms with Gasteiger partial charge in [0.1, 0.15) is 6.42 Å². The molecule has 76 valence electrons. The predicted octanol–water partition coefficient (Wildman–Crippen LogP) is 2.63. The number of hydrogen-bond donors (Lipinski definition) is 1. The van der Waals surface area contributed by atoms with E-state index in [1.54, 1.807) is 24.3 Å². The third kappa shape index (κ3) is 1.91. The maximum absolute atomic E-state index is 11.1. The first-order chi connectivity index (χ1) is 7.20. The van der Waals surface area contributed by atoms with Gasteiger partial charge in [-0.25, -0.2) is 4.84 Å². The second-order valence-corrected chi connectivity index (χ2v) is 3.61. The van der Waals surface area contributed by atoms with Crippen LogP contribution in [0, 0.1) is 10.3 Å². The van der Waals surface area contributed by atoms with Crippen LogP contribution in [0.3, 0.4) is 0 Å². The van der Waals surface area contributed by atoms with Gasteiger partial charge < -0.3 is 0 Å². The highest BCUT2D eigenvalue weighted by Crippen LogP contribution is 2.31. The van der Waals surface area contributed by atoms with E-state index >= 15 is 0 Å². The summed E-state index contributed by atoms with van der Waals surface area (Å²) in [6.45, 7) is 0. The van der Waals surface area contributed by atoms with E-state index in [9.17, 15) is 4.91 Å². The molecule has 0 aromatic heterocycles. The fourth-order valence-electron chi connectivity index (χ4n) is 1.42. The minimum absolute atomic E-state index is 0.204. The van der Waals surface area contributed by atoms with Crippen molar-refractivity contribution in [2.45, 2.75) is 12.5 Å². The maximum atomic E-state index is 11.1. The highest BCUT2D eigenvalue weighted by Gasteiger charge is 2.39. The first-order valence-electron chi connectivity index (χ1n) is 4.39. The van der Waals surface area contributed by atoms with Gasteiger partial charge in [-0.05, 0) is 12.1 Å². The van der Waals surface area contributed by atoms with Crippen molar-refractivity contribution in [3.05, 3.63) is 45.5 Å². The summed E-state index contributed by atoms with van der Waals surface area (Å²) in [5.41, 5.74) is 1.07. The molecule has 1 fully saturated rings. The van der Waals surface area contributed by atoms with Crippen LogP contribution in [-0.2, 0) is 4.84 Å². The van der Waals surface area contributed by atoms with Gasteiger partial charge in [-0.1, -0.05) is 23.7 Å². The lowest BCUT2D eigenvalue weighted by Gasteiger charge is -2.01. The van der Waals surface area contributed by atoms with E-state index < -0.39 is 0 Å². The van der Waals surface area contributed by atoms with E-state index in [1.807, 2.05) is 0 Å². The van der Waals surface area contributed by atoms with Crippen LogP contribution >= 0.6 is 11.6 Å². The Labute approximate surface area is 91.2 Å². The topological polar surface area (TPSA) is 53.2 Å². The Morgan fingerprint density at radius 3 is 2.67 bits per heavy atom. The molecule has 0 radical (unpaired) electrons. The van der Waals surface area contributed by atoms with Crippen molar-refractivity contribution in [3.63, 3.8) is 0 Å². The largest absolute Gasteiger partial charge is 0.357 e. The lowest BCUT2D eigenvalue weighted by Crippen LogP contribution is -1.99. The fourth-order valence-corrected chi connectivity index (χ4v) is 1.55. The minimum Gasteiger partial charge on any atom is -0.253 e. The molecule has 4 nitrogen and oxygen atoms in total. The molecule has 1 unspecified atom stereocenters. The Hall–Kier alpha value is -1.64. The van der Waals surface area contributed by atoms with Gasteiger partial charge in [-0.2, -0.15) is 0 Å². The van der Waals surface area contributed by atoms with Crippen molar-refractivity contribution in [2.24, 2.45) is 0 Å². The normalized spacial score (nSPS) is 19.9. The van der Waals surface area contributed by atoms with Gasteiger partial charge in [0, 0.05) is 10.6 Å². The molecular formula is C10H8ClN2O2+. The predicted molar refractivity (Wildman–Crippen MR) is 54.8 cm³/mol. The lowest BCUT2D eigenvalue weighted by atomic mass is 10.1. The summed E-state index contributed by atoms with van der Waals surface area (Å²) in [5.74, 6) is 2.05. The van der Waals surface area contributed by atoms with Gasteiger partial charge in [0.2, 0.25) is 6.10 Å². The fraction of sp³-hybridized carbons (Fsp3) is 0.200. The average Bonchev–Trinajstić information content (AvgIpc) is 2.61. The zero-order valence-electron chi connectivity index (χ0n) is 7.74. The molecular weight excluding hydrogens is 216 g/mol. The van der Waals surface area contributed by atoms with E-state index in [2.05, 4.69) is 5.87 Å². The Bertz CT molecular complexity index is 449. The standard InChI is InChI=1S/C10H8ClN2O2/c11-8-3-1-7(2-4-8)10-5-9(6-12)13(14)15-10/h1-4,10,12H,5H2/q+1. The molecule has 1 heterocycles. The number of benzene rings is 1. The second kappa shape index (κ2) is 3.85. The van der Waals surface area contributed by atoms with Crippen molar-refractivity contribution in [3.8, 4) is 0 Å². The van der Waals surface area contributed by atoms with Crippen molar-refractivity contribution >= 4 is 17.5 Å². The molecule has 1 aliphatic heterocycles. The van der Waals surface area contributed by atoms with Crippen LogP contribution in [0.5, 0.6) is 0 Å². The molecule has 0 aliphatic carbocycles. The zero-order chi connectivity index (χ0) is 10.8. The van der Waals surface area contributed by atoms with Gasteiger partial charge in [0.25, 0.3) is 4.92 Å². The van der Waals surface area contributed by atoms with E-state index in [-0.39, 0.29) is 11.8 Å². The maximum Gasteiger partial charge on any atom is 0.357 e. The number of nitrogens with one attached hydrogen (secondary N) is 1. The Morgan fingerprint density at radius 1 is 1.47 bits per heavy atom. The van der Waals surface area contributed by atoms with Crippen LogP contribution in [0.25, 0.3) is 0 Å². The molecule has 2 rings (SSSR count).